The van der Waals surface area contributed by atoms with Crippen molar-refractivity contribution < 1.29 is 4.42 Å². The molecule has 0 bridgehead atoms. The van der Waals surface area contributed by atoms with Gasteiger partial charge in [-0.15, -0.1) is 0 Å². The zero-order valence-corrected chi connectivity index (χ0v) is 36.6. The quantitative estimate of drug-likeness (QED) is 0.152. The summed E-state index contributed by atoms with van der Waals surface area (Å²) in [6.07, 6.45) is 0. The summed E-state index contributed by atoms with van der Waals surface area (Å²) >= 11 is 0. The molecule has 0 saturated carbocycles. The number of furan rings is 1. The van der Waals surface area contributed by atoms with E-state index in [2.05, 4.69) is 252 Å². The molecule has 13 aromatic rings. The van der Waals surface area contributed by atoms with Crippen molar-refractivity contribution in [3.63, 3.8) is 0 Å². The predicted octanol–water partition coefficient (Wildman–Crippen LogP) is 18.0. The number of rotatable bonds is 8. The molecule has 0 radical (unpaired) electrons. The molecule has 0 fully saturated rings. The molecule has 0 aliphatic carbocycles. The van der Waals surface area contributed by atoms with Gasteiger partial charge in [0, 0.05) is 49.6 Å². The summed E-state index contributed by atoms with van der Waals surface area (Å²) < 4.78 is 8.92. The molecular formula is C64H42N2O. The van der Waals surface area contributed by atoms with Gasteiger partial charge in [0.1, 0.15) is 11.2 Å². The van der Waals surface area contributed by atoms with Gasteiger partial charge < -0.3 is 13.9 Å². The van der Waals surface area contributed by atoms with E-state index in [0.717, 1.165) is 78.1 Å². The van der Waals surface area contributed by atoms with Crippen LogP contribution in [0.3, 0.4) is 0 Å². The predicted molar refractivity (Wildman–Crippen MR) is 282 cm³/mol. The Bertz CT molecular complexity index is 3950. The van der Waals surface area contributed by atoms with Crippen LogP contribution in [0.1, 0.15) is 0 Å². The highest BCUT2D eigenvalue weighted by Crippen LogP contribution is 2.45. The fraction of sp³-hybridized carbons (Fsp3) is 0. The molecule has 0 aliphatic rings. The highest BCUT2D eigenvalue weighted by molar-refractivity contribution is 6.11. The van der Waals surface area contributed by atoms with Crippen LogP contribution in [0.15, 0.2) is 259 Å². The molecule has 0 atom stereocenters. The number of hydrogen-bond donors (Lipinski definition) is 0. The van der Waals surface area contributed by atoms with Crippen molar-refractivity contribution in [3.05, 3.63) is 255 Å². The molecular weight excluding hydrogens is 813 g/mol. The minimum atomic E-state index is 0.898. The fourth-order valence-electron chi connectivity index (χ4n) is 10.3. The number of aromatic nitrogens is 1. The molecule has 3 heteroatoms. The number of anilines is 3. The third kappa shape index (κ3) is 6.51. The van der Waals surface area contributed by atoms with Crippen LogP contribution in [0.2, 0.25) is 0 Å². The maximum Gasteiger partial charge on any atom is 0.143 e. The van der Waals surface area contributed by atoms with Gasteiger partial charge in [0.25, 0.3) is 0 Å². The van der Waals surface area contributed by atoms with E-state index in [9.17, 15) is 0 Å². The Morgan fingerprint density at radius 3 is 1.66 bits per heavy atom. The van der Waals surface area contributed by atoms with Gasteiger partial charge in [-0.3, -0.25) is 0 Å². The summed E-state index contributed by atoms with van der Waals surface area (Å²) in [5, 5.41) is 7.21. The lowest BCUT2D eigenvalue weighted by Crippen LogP contribution is -2.11. The van der Waals surface area contributed by atoms with Crippen molar-refractivity contribution in [1.29, 1.82) is 0 Å². The van der Waals surface area contributed by atoms with E-state index >= 15 is 0 Å². The Balaban J connectivity index is 0.965. The molecule has 0 spiro atoms. The summed E-state index contributed by atoms with van der Waals surface area (Å²) in [5.41, 5.74) is 17.7. The molecule has 0 unspecified atom stereocenters. The van der Waals surface area contributed by atoms with E-state index in [1.165, 1.54) is 43.7 Å². The third-order valence-corrected chi connectivity index (χ3v) is 13.4. The normalized spacial score (nSPS) is 11.6. The van der Waals surface area contributed by atoms with Gasteiger partial charge in [-0.1, -0.05) is 194 Å². The van der Waals surface area contributed by atoms with Crippen LogP contribution in [-0.2, 0) is 0 Å². The first-order chi connectivity index (χ1) is 33.2. The number of nitrogens with zero attached hydrogens (tertiary/aromatic N) is 2. The molecule has 2 aromatic heterocycles. The van der Waals surface area contributed by atoms with Crippen molar-refractivity contribution in [1.82, 2.24) is 4.57 Å². The first kappa shape index (κ1) is 38.5. The zero-order valence-electron chi connectivity index (χ0n) is 36.6. The molecule has 11 aromatic carbocycles. The lowest BCUT2D eigenvalue weighted by atomic mass is 9.95. The van der Waals surface area contributed by atoms with Gasteiger partial charge in [0.15, 0.2) is 0 Å². The Morgan fingerprint density at radius 1 is 0.313 bits per heavy atom. The lowest BCUT2D eigenvalue weighted by Gasteiger charge is -2.28. The van der Waals surface area contributed by atoms with E-state index in [1.807, 2.05) is 12.1 Å². The number of benzene rings is 11. The average molecular weight is 855 g/mol. The molecule has 2 heterocycles. The Labute approximate surface area is 388 Å². The molecule has 67 heavy (non-hydrogen) atoms. The van der Waals surface area contributed by atoms with Crippen LogP contribution in [0.5, 0.6) is 0 Å². The van der Waals surface area contributed by atoms with Crippen LogP contribution in [0.25, 0.3) is 105 Å². The zero-order chi connectivity index (χ0) is 44.3. The van der Waals surface area contributed by atoms with Crippen molar-refractivity contribution in [2.75, 3.05) is 4.90 Å². The summed E-state index contributed by atoms with van der Waals surface area (Å²) in [4.78, 5) is 2.41. The average Bonchev–Trinajstić information content (AvgIpc) is 3.95. The van der Waals surface area contributed by atoms with Gasteiger partial charge in [0.2, 0.25) is 0 Å². The summed E-state index contributed by atoms with van der Waals surface area (Å²) in [6.45, 7) is 0. The maximum atomic E-state index is 6.50. The second-order valence-electron chi connectivity index (χ2n) is 17.2. The molecule has 13 rings (SSSR count). The summed E-state index contributed by atoms with van der Waals surface area (Å²) in [5.74, 6) is 0. The summed E-state index contributed by atoms with van der Waals surface area (Å²) in [6, 6.07) is 92.0. The lowest BCUT2D eigenvalue weighted by molar-refractivity contribution is 0.670. The van der Waals surface area contributed by atoms with Crippen molar-refractivity contribution in [2.45, 2.75) is 0 Å². The first-order valence-corrected chi connectivity index (χ1v) is 22.9. The molecule has 0 saturated heterocycles. The van der Waals surface area contributed by atoms with E-state index in [1.54, 1.807) is 0 Å². The molecule has 314 valence electrons. The van der Waals surface area contributed by atoms with Gasteiger partial charge in [0.05, 0.1) is 22.4 Å². The molecule has 3 nitrogen and oxygen atoms in total. The minimum Gasteiger partial charge on any atom is -0.455 e. The molecule has 0 amide bonds. The van der Waals surface area contributed by atoms with Gasteiger partial charge >= 0.3 is 0 Å². The van der Waals surface area contributed by atoms with Crippen LogP contribution >= 0.6 is 0 Å². The molecule has 0 aliphatic heterocycles. The van der Waals surface area contributed by atoms with E-state index < -0.39 is 0 Å². The summed E-state index contributed by atoms with van der Waals surface area (Å²) in [7, 11) is 0. The van der Waals surface area contributed by atoms with Crippen LogP contribution < -0.4 is 4.90 Å². The SMILES string of the molecule is c1cc(-c2ccccc2N(c2ccc(-c3cccc4c3oc3ccccc34)cc2)c2cccc(-c3cccc4ccccc34)c2)cc(-c2ccccc2-n2c3ccccc3c3ccccc32)c1. The van der Waals surface area contributed by atoms with Crippen LogP contribution in [0.4, 0.5) is 17.1 Å². The van der Waals surface area contributed by atoms with Gasteiger partial charge in [-0.25, -0.2) is 0 Å². The minimum absolute atomic E-state index is 0.898. The fourth-order valence-corrected chi connectivity index (χ4v) is 10.3. The topological polar surface area (TPSA) is 21.3 Å². The van der Waals surface area contributed by atoms with Crippen molar-refractivity contribution in [2.24, 2.45) is 0 Å². The maximum absolute atomic E-state index is 6.50. The Hall–Kier alpha value is -8.92. The third-order valence-electron chi connectivity index (χ3n) is 13.4. The van der Waals surface area contributed by atoms with Crippen molar-refractivity contribution in [3.8, 4) is 50.2 Å². The second-order valence-corrected chi connectivity index (χ2v) is 17.2. The number of hydrogen-bond acceptors (Lipinski definition) is 2. The highest BCUT2D eigenvalue weighted by atomic mass is 16.3. The van der Waals surface area contributed by atoms with E-state index in [-0.39, 0.29) is 0 Å². The van der Waals surface area contributed by atoms with Crippen LogP contribution in [-0.4, -0.2) is 4.57 Å². The Kier molecular flexibility index (Phi) is 9.17. The van der Waals surface area contributed by atoms with Crippen LogP contribution in [0, 0.1) is 0 Å². The first-order valence-electron chi connectivity index (χ1n) is 22.9. The van der Waals surface area contributed by atoms with Gasteiger partial charge in [-0.2, -0.15) is 0 Å². The second kappa shape index (κ2) is 16.0. The Morgan fingerprint density at radius 2 is 0.851 bits per heavy atom. The molecule has 0 N–H and O–H groups in total. The standard InChI is InChI=1S/C64H42N2O/c1-2-23-50-43(17-1)18-15-29-51(50)47-21-14-22-49(42-47)65(48-39-37-44(38-40-48)54-30-16-31-58-57-28-7-12-36-63(57)67-64(54)58)59-32-8-3-24-52(59)45-19-13-20-46(41-45)53-25-4-9-33-60(53)66-61-34-10-5-26-55(61)56-27-6-11-35-62(56)66/h1-42H. The van der Waals surface area contributed by atoms with E-state index in [4.69, 9.17) is 4.42 Å². The van der Waals surface area contributed by atoms with Crippen molar-refractivity contribution >= 4 is 71.6 Å². The largest absolute Gasteiger partial charge is 0.455 e. The monoisotopic (exact) mass is 854 g/mol. The van der Waals surface area contributed by atoms with Gasteiger partial charge in [-0.05, 0) is 99.3 Å². The number of para-hydroxylation sites is 6. The van der Waals surface area contributed by atoms with E-state index in [0.29, 0.717) is 0 Å². The smallest absolute Gasteiger partial charge is 0.143 e. The number of fused-ring (bicyclic) bond motifs is 7. The highest BCUT2D eigenvalue weighted by Gasteiger charge is 2.21.